The van der Waals surface area contributed by atoms with Gasteiger partial charge in [-0.15, -0.1) is 0 Å². The van der Waals surface area contributed by atoms with Gasteiger partial charge in [0, 0.05) is 25.2 Å². The molecule has 5 unspecified atom stereocenters. The predicted molar refractivity (Wildman–Crippen MR) is 89.7 cm³/mol. The molecule has 1 saturated carbocycles. The first-order valence-corrected chi connectivity index (χ1v) is 9.23. The van der Waals surface area contributed by atoms with E-state index in [1.54, 1.807) is 0 Å². The highest BCUT2D eigenvalue weighted by atomic mass is 16.5. The summed E-state index contributed by atoms with van der Waals surface area (Å²) >= 11 is 0. The molecular weight excluding hydrogens is 260 g/mol. The van der Waals surface area contributed by atoms with E-state index >= 15 is 0 Å². The monoisotopic (exact) mass is 296 g/mol. The largest absolute Gasteiger partial charge is 0.376 e. The van der Waals surface area contributed by atoms with Crippen LogP contribution in [0.4, 0.5) is 0 Å². The summed E-state index contributed by atoms with van der Waals surface area (Å²) in [7, 11) is 0. The molecule has 0 bridgehead atoms. The second kappa shape index (κ2) is 8.50. The number of hydrogen-bond donors (Lipinski definition) is 1. The second-order valence-electron chi connectivity index (χ2n) is 7.35. The van der Waals surface area contributed by atoms with Gasteiger partial charge in [-0.2, -0.15) is 0 Å². The third-order valence-electron chi connectivity index (χ3n) is 5.53. The number of nitrogens with zero attached hydrogens (tertiary/aromatic N) is 1. The van der Waals surface area contributed by atoms with Crippen LogP contribution in [0.1, 0.15) is 59.8 Å². The van der Waals surface area contributed by atoms with E-state index in [0.29, 0.717) is 12.1 Å². The van der Waals surface area contributed by atoms with E-state index < -0.39 is 0 Å². The van der Waals surface area contributed by atoms with Crippen molar-refractivity contribution < 1.29 is 4.74 Å². The number of nitrogens with one attached hydrogen (secondary N) is 1. The fourth-order valence-corrected chi connectivity index (χ4v) is 4.06. The van der Waals surface area contributed by atoms with Gasteiger partial charge in [0.15, 0.2) is 0 Å². The van der Waals surface area contributed by atoms with Crippen molar-refractivity contribution in [3.05, 3.63) is 0 Å². The minimum Gasteiger partial charge on any atom is -0.376 e. The zero-order valence-corrected chi connectivity index (χ0v) is 14.6. The van der Waals surface area contributed by atoms with Crippen LogP contribution in [0, 0.1) is 11.8 Å². The summed E-state index contributed by atoms with van der Waals surface area (Å²) < 4.78 is 5.79. The van der Waals surface area contributed by atoms with Crippen molar-refractivity contribution in [1.29, 1.82) is 0 Å². The molecule has 3 heteroatoms. The number of morpholine rings is 1. The lowest BCUT2D eigenvalue weighted by molar-refractivity contribution is -0.0585. The van der Waals surface area contributed by atoms with Gasteiger partial charge in [-0.1, -0.05) is 20.3 Å². The van der Waals surface area contributed by atoms with Gasteiger partial charge in [-0.05, 0) is 57.9 Å². The van der Waals surface area contributed by atoms with Gasteiger partial charge >= 0.3 is 0 Å². The van der Waals surface area contributed by atoms with Crippen LogP contribution in [0.3, 0.4) is 0 Å². The number of hydrogen-bond acceptors (Lipinski definition) is 3. The van der Waals surface area contributed by atoms with Gasteiger partial charge in [-0.25, -0.2) is 0 Å². The van der Waals surface area contributed by atoms with E-state index in [0.717, 1.165) is 31.0 Å². The first kappa shape index (κ1) is 17.2. The summed E-state index contributed by atoms with van der Waals surface area (Å²) in [5, 5.41) is 3.82. The summed E-state index contributed by atoms with van der Waals surface area (Å²) in [4.78, 5) is 2.68. The van der Waals surface area contributed by atoms with Crippen LogP contribution in [0.2, 0.25) is 0 Å². The molecule has 21 heavy (non-hydrogen) atoms. The van der Waals surface area contributed by atoms with E-state index in [2.05, 4.69) is 37.9 Å². The molecule has 2 rings (SSSR count). The van der Waals surface area contributed by atoms with Crippen molar-refractivity contribution in [2.75, 3.05) is 26.2 Å². The van der Waals surface area contributed by atoms with E-state index in [1.807, 2.05) is 0 Å². The standard InChI is InChI=1S/C18H36N2O/c1-5-9-19-18-8-7-16(6-2)10-17(18)12-20-11-15(4)21-13-14(20)3/h14-19H,5-13H2,1-4H3. The number of ether oxygens (including phenoxy) is 1. The van der Waals surface area contributed by atoms with Crippen molar-refractivity contribution in [1.82, 2.24) is 10.2 Å². The van der Waals surface area contributed by atoms with E-state index in [4.69, 9.17) is 4.74 Å². The first-order valence-electron chi connectivity index (χ1n) is 9.23. The van der Waals surface area contributed by atoms with Crippen molar-refractivity contribution in [3.8, 4) is 0 Å². The minimum absolute atomic E-state index is 0.397. The second-order valence-corrected chi connectivity index (χ2v) is 7.35. The Morgan fingerprint density at radius 2 is 2.00 bits per heavy atom. The molecule has 124 valence electrons. The van der Waals surface area contributed by atoms with Crippen molar-refractivity contribution in [3.63, 3.8) is 0 Å². The van der Waals surface area contributed by atoms with Crippen LogP contribution in [-0.2, 0) is 4.74 Å². The predicted octanol–water partition coefficient (Wildman–Crippen LogP) is 3.29. The molecule has 0 radical (unpaired) electrons. The van der Waals surface area contributed by atoms with Gasteiger partial charge in [-0.3, -0.25) is 4.90 Å². The van der Waals surface area contributed by atoms with Crippen molar-refractivity contribution >= 4 is 0 Å². The van der Waals surface area contributed by atoms with E-state index in [9.17, 15) is 0 Å². The molecule has 1 heterocycles. The third-order valence-corrected chi connectivity index (χ3v) is 5.53. The Bertz CT molecular complexity index is 297. The summed E-state index contributed by atoms with van der Waals surface area (Å²) in [6.45, 7) is 13.6. The molecular formula is C18H36N2O. The zero-order valence-electron chi connectivity index (χ0n) is 14.6. The molecule has 0 aromatic carbocycles. The van der Waals surface area contributed by atoms with Crippen LogP contribution in [0.25, 0.3) is 0 Å². The topological polar surface area (TPSA) is 24.5 Å². The Morgan fingerprint density at radius 1 is 1.19 bits per heavy atom. The van der Waals surface area contributed by atoms with Gasteiger partial charge in [0.2, 0.25) is 0 Å². The highest BCUT2D eigenvalue weighted by Gasteiger charge is 2.33. The Hall–Kier alpha value is -0.120. The Kier molecular flexibility index (Phi) is 6.97. The number of rotatable bonds is 6. The highest BCUT2D eigenvalue weighted by Crippen LogP contribution is 2.32. The molecule has 5 atom stereocenters. The van der Waals surface area contributed by atoms with Gasteiger partial charge in [0.05, 0.1) is 12.7 Å². The molecule has 0 spiro atoms. The Balaban J connectivity index is 1.94. The maximum Gasteiger partial charge on any atom is 0.0674 e. The summed E-state index contributed by atoms with van der Waals surface area (Å²) in [6, 6.07) is 1.31. The minimum atomic E-state index is 0.397. The normalized spacial score (nSPS) is 38.6. The van der Waals surface area contributed by atoms with E-state index in [-0.39, 0.29) is 0 Å². The zero-order chi connectivity index (χ0) is 15.2. The Labute approximate surface area is 131 Å². The lowest BCUT2D eigenvalue weighted by atomic mass is 9.76. The lowest BCUT2D eigenvalue weighted by Crippen LogP contribution is -2.53. The Morgan fingerprint density at radius 3 is 2.71 bits per heavy atom. The molecule has 0 amide bonds. The summed E-state index contributed by atoms with van der Waals surface area (Å²) in [5.41, 5.74) is 0. The van der Waals surface area contributed by atoms with Crippen LogP contribution >= 0.6 is 0 Å². The maximum absolute atomic E-state index is 5.79. The van der Waals surface area contributed by atoms with E-state index in [1.165, 1.54) is 45.2 Å². The van der Waals surface area contributed by atoms with Gasteiger partial charge in [0.1, 0.15) is 0 Å². The van der Waals surface area contributed by atoms with Crippen molar-refractivity contribution in [2.45, 2.75) is 78.0 Å². The van der Waals surface area contributed by atoms with Crippen molar-refractivity contribution in [2.24, 2.45) is 11.8 Å². The first-order chi connectivity index (χ1) is 10.1. The molecule has 0 aromatic rings. The fourth-order valence-electron chi connectivity index (χ4n) is 4.06. The highest BCUT2D eigenvalue weighted by molar-refractivity contribution is 4.88. The quantitative estimate of drug-likeness (QED) is 0.814. The van der Waals surface area contributed by atoms with Crippen LogP contribution in [-0.4, -0.2) is 49.3 Å². The fraction of sp³-hybridized carbons (Fsp3) is 1.00. The van der Waals surface area contributed by atoms with Crippen LogP contribution < -0.4 is 5.32 Å². The summed E-state index contributed by atoms with van der Waals surface area (Å²) in [6.07, 6.45) is 7.20. The molecule has 0 aromatic heterocycles. The van der Waals surface area contributed by atoms with Crippen LogP contribution in [0.5, 0.6) is 0 Å². The molecule has 1 aliphatic heterocycles. The molecule has 1 saturated heterocycles. The molecule has 3 nitrogen and oxygen atoms in total. The average molecular weight is 296 g/mol. The third kappa shape index (κ3) is 4.94. The summed E-state index contributed by atoms with van der Waals surface area (Å²) in [5.74, 6) is 1.77. The van der Waals surface area contributed by atoms with Crippen LogP contribution in [0.15, 0.2) is 0 Å². The van der Waals surface area contributed by atoms with Gasteiger partial charge < -0.3 is 10.1 Å². The smallest absolute Gasteiger partial charge is 0.0674 e. The lowest BCUT2D eigenvalue weighted by Gasteiger charge is -2.43. The maximum atomic E-state index is 5.79. The molecule has 1 aliphatic carbocycles. The molecule has 2 fully saturated rings. The van der Waals surface area contributed by atoms with Gasteiger partial charge in [0.25, 0.3) is 0 Å². The molecule has 1 N–H and O–H groups in total. The average Bonchev–Trinajstić information content (AvgIpc) is 2.49. The SMILES string of the molecule is CCCNC1CCC(CC)CC1CN1CC(C)OCC1C. The molecule has 2 aliphatic rings.